The van der Waals surface area contributed by atoms with Gasteiger partial charge in [-0.25, -0.2) is 13.4 Å². The number of sulfonamides is 1. The molecule has 168 valence electrons. The molecular weight excluding hydrogens is 452 g/mol. The predicted molar refractivity (Wildman–Crippen MR) is 123 cm³/mol. The van der Waals surface area contributed by atoms with Crippen molar-refractivity contribution in [2.45, 2.75) is 11.3 Å². The largest absolute Gasteiger partial charge is 0.497 e. The van der Waals surface area contributed by atoms with Gasteiger partial charge in [0, 0.05) is 47.7 Å². The normalized spacial score (nSPS) is 12.9. The van der Waals surface area contributed by atoms with Crippen molar-refractivity contribution in [3.63, 3.8) is 0 Å². The van der Waals surface area contributed by atoms with E-state index in [4.69, 9.17) is 9.47 Å². The molecule has 0 fully saturated rings. The first kappa shape index (κ1) is 21.9. The first-order chi connectivity index (χ1) is 15.4. The Kier molecular flexibility index (Phi) is 6.19. The van der Waals surface area contributed by atoms with Crippen molar-refractivity contribution in [2.24, 2.45) is 0 Å². The van der Waals surface area contributed by atoms with Crippen LogP contribution in [0.25, 0.3) is 0 Å². The number of benzene rings is 2. The van der Waals surface area contributed by atoms with Crippen LogP contribution < -0.4 is 24.4 Å². The van der Waals surface area contributed by atoms with Crippen LogP contribution >= 0.6 is 11.3 Å². The summed E-state index contributed by atoms with van der Waals surface area (Å²) in [6.45, 7) is 0.558. The Labute approximate surface area is 190 Å². The van der Waals surface area contributed by atoms with Crippen LogP contribution in [0.5, 0.6) is 11.5 Å². The van der Waals surface area contributed by atoms with Gasteiger partial charge in [0.25, 0.3) is 10.0 Å². The first-order valence-corrected chi connectivity index (χ1v) is 12.1. The monoisotopic (exact) mass is 474 g/mol. The summed E-state index contributed by atoms with van der Waals surface area (Å²) in [6, 6.07) is 10.1. The third kappa shape index (κ3) is 4.63. The van der Waals surface area contributed by atoms with Crippen LogP contribution in [0.15, 0.2) is 52.9 Å². The SMILES string of the molecule is COc1cc(NCC(=O)N2CCc3cc(S(=O)(=O)Nc4nccs4)ccc32)cc(OC)c1. The standard InChI is InChI=1S/C21H22N4O5S2/c1-29-16-10-15(11-17(12-16)30-2)23-13-20(26)25-7-5-14-9-18(3-4-19(14)25)32(27,28)24-21-22-6-8-31-21/h3-4,6,8-12,23H,5,7,13H2,1-2H3,(H,22,24). The molecule has 0 saturated heterocycles. The minimum absolute atomic E-state index is 0.0708. The smallest absolute Gasteiger partial charge is 0.263 e. The molecule has 0 unspecified atom stereocenters. The number of fused-ring (bicyclic) bond motifs is 1. The van der Waals surface area contributed by atoms with Gasteiger partial charge in [0.15, 0.2) is 5.13 Å². The van der Waals surface area contributed by atoms with E-state index in [0.29, 0.717) is 41.0 Å². The quantitative estimate of drug-likeness (QED) is 0.516. The van der Waals surface area contributed by atoms with E-state index in [2.05, 4.69) is 15.0 Å². The number of thiazole rings is 1. The molecule has 0 bridgehead atoms. The second kappa shape index (κ2) is 9.05. The van der Waals surface area contributed by atoms with Crippen LogP contribution in [-0.4, -0.2) is 46.6 Å². The number of amides is 1. The molecule has 0 radical (unpaired) electrons. The molecule has 0 atom stereocenters. The molecule has 0 saturated carbocycles. The van der Waals surface area contributed by atoms with Crippen molar-refractivity contribution in [3.8, 4) is 11.5 Å². The van der Waals surface area contributed by atoms with E-state index in [9.17, 15) is 13.2 Å². The molecule has 1 aliphatic rings. The number of nitrogens with zero attached hydrogens (tertiary/aromatic N) is 2. The van der Waals surface area contributed by atoms with Crippen LogP contribution in [0, 0.1) is 0 Å². The van der Waals surface area contributed by atoms with Crippen molar-refractivity contribution in [1.82, 2.24) is 4.98 Å². The molecule has 11 heteroatoms. The third-order valence-electron chi connectivity index (χ3n) is 5.01. The zero-order valence-electron chi connectivity index (χ0n) is 17.5. The van der Waals surface area contributed by atoms with E-state index in [-0.39, 0.29) is 17.3 Å². The Morgan fingerprint density at radius 2 is 1.91 bits per heavy atom. The number of anilines is 3. The van der Waals surface area contributed by atoms with Gasteiger partial charge in [-0.3, -0.25) is 9.52 Å². The lowest BCUT2D eigenvalue weighted by atomic mass is 10.2. The minimum atomic E-state index is -3.74. The molecule has 9 nitrogen and oxygen atoms in total. The molecule has 2 aromatic carbocycles. The maximum Gasteiger partial charge on any atom is 0.263 e. The van der Waals surface area contributed by atoms with Crippen LogP contribution in [0.1, 0.15) is 5.56 Å². The summed E-state index contributed by atoms with van der Waals surface area (Å²) in [4.78, 5) is 18.6. The summed E-state index contributed by atoms with van der Waals surface area (Å²) >= 11 is 1.21. The van der Waals surface area contributed by atoms with Crippen molar-refractivity contribution in [1.29, 1.82) is 0 Å². The highest BCUT2D eigenvalue weighted by atomic mass is 32.2. The minimum Gasteiger partial charge on any atom is -0.497 e. The average Bonchev–Trinajstić information content (AvgIpc) is 3.46. The molecule has 1 amide bonds. The number of nitrogens with one attached hydrogen (secondary N) is 2. The molecular formula is C21H22N4O5S2. The molecule has 1 aliphatic heterocycles. The van der Waals surface area contributed by atoms with E-state index in [1.807, 2.05) is 0 Å². The van der Waals surface area contributed by atoms with Gasteiger partial charge in [0.2, 0.25) is 5.91 Å². The highest BCUT2D eigenvalue weighted by molar-refractivity contribution is 7.93. The lowest BCUT2D eigenvalue weighted by Crippen LogP contribution is -2.34. The Morgan fingerprint density at radius 1 is 1.16 bits per heavy atom. The fourth-order valence-electron chi connectivity index (χ4n) is 3.43. The second-order valence-corrected chi connectivity index (χ2v) is 9.56. The van der Waals surface area contributed by atoms with Crippen molar-refractivity contribution >= 4 is 43.8 Å². The summed E-state index contributed by atoms with van der Waals surface area (Å²) in [6.07, 6.45) is 2.11. The number of aromatic nitrogens is 1. The maximum absolute atomic E-state index is 12.8. The zero-order valence-corrected chi connectivity index (χ0v) is 19.1. The molecule has 0 aliphatic carbocycles. The Morgan fingerprint density at radius 3 is 2.56 bits per heavy atom. The lowest BCUT2D eigenvalue weighted by Gasteiger charge is -2.19. The molecule has 2 N–H and O–H groups in total. The van der Waals surface area contributed by atoms with Crippen LogP contribution in [-0.2, 0) is 21.2 Å². The topological polar surface area (TPSA) is 110 Å². The van der Waals surface area contributed by atoms with Gasteiger partial charge in [-0.2, -0.15) is 0 Å². The van der Waals surface area contributed by atoms with Gasteiger partial charge < -0.3 is 19.7 Å². The van der Waals surface area contributed by atoms with E-state index >= 15 is 0 Å². The summed E-state index contributed by atoms with van der Waals surface area (Å²) < 4.78 is 38.2. The van der Waals surface area contributed by atoms with Gasteiger partial charge in [-0.05, 0) is 30.2 Å². The molecule has 4 rings (SSSR count). The van der Waals surface area contributed by atoms with Gasteiger partial charge in [-0.15, -0.1) is 11.3 Å². The number of hydrogen-bond acceptors (Lipinski definition) is 8. The fourth-order valence-corrected chi connectivity index (χ4v) is 5.27. The number of methoxy groups -OCH3 is 2. The Bertz CT molecular complexity index is 1210. The summed E-state index contributed by atoms with van der Waals surface area (Å²) in [5.41, 5.74) is 2.22. The maximum atomic E-state index is 12.8. The summed E-state index contributed by atoms with van der Waals surface area (Å²) in [5.74, 6) is 1.11. The van der Waals surface area contributed by atoms with Crippen LogP contribution in [0.4, 0.5) is 16.5 Å². The van der Waals surface area contributed by atoms with Gasteiger partial charge in [-0.1, -0.05) is 0 Å². The molecule has 3 aromatic rings. The zero-order chi connectivity index (χ0) is 22.7. The van der Waals surface area contributed by atoms with Crippen molar-refractivity contribution in [2.75, 3.05) is 42.2 Å². The highest BCUT2D eigenvalue weighted by Gasteiger charge is 2.27. The summed E-state index contributed by atoms with van der Waals surface area (Å²) in [5, 5.41) is 5.10. The molecule has 0 spiro atoms. The molecule has 1 aromatic heterocycles. The van der Waals surface area contributed by atoms with E-state index in [0.717, 1.165) is 5.56 Å². The number of hydrogen-bond donors (Lipinski definition) is 2. The van der Waals surface area contributed by atoms with Gasteiger partial charge in [0.1, 0.15) is 11.5 Å². The van der Waals surface area contributed by atoms with Gasteiger partial charge in [0.05, 0.1) is 25.7 Å². The van der Waals surface area contributed by atoms with Crippen molar-refractivity contribution in [3.05, 3.63) is 53.5 Å². The third-order valence-corrected chi connectivity index (χ3v) is 7.16. The van der Waals surface area contributed by atoms with Crippen LogP contribution in [0.2, 0.25) is 0 Å². The van der Waals surface area contributed by atoms with E-state index in [1.54, 1.807) is 54.8 Å². The number of rotatable bonds is 8. The Hall–Kier alpha value is -3.31. The molecule has 2 heterocycles. The number of carbonyl (C=O) groups is 1. The predicted octanol–water partition coefficient (Wildman–Crippen LogP) is 2.96. The van der Waals surface area contributed by atoms with Crippen LogP contribution in [0.3, 0.4) is 0 Å². The van der Waals surface area contributed by atoms with E-state index in [1.165, 1.54) is 23.6 Å². The Balaban J connectivity index is 1.46. The van der Waals surface area contributed by atoms with Crippen molar-refractivity contribution < 1.29 is 22.7 Å². The second-order valence-electron chi connectivity index (χ2n) is 6.98. The average molecular weight is 475 g/mol. The van der Waals surface area contributed by atoms with Gasteiger partial charge >= 0.3 is 0 Å². The number of ether oxygens (including phenoxy) is 2. The molecule has 32 heavy (non-hydrogen) atoms. The highest BCUT2D eigenvalue weighted by Crippen LogP contribution is 2.31. The number of carbonyl (C=O) groups excluding carboxylic acids is 1. The summed E-state index contributed by atoms with van der Waals surface area (Å²) in [7, 11) is -0.621. The fraction of sp³-hybridized carbons (Fsp3) is 0.238. The van der Waals surface area contributed by atoms with E-state index < -0.39 is 10.0 Å². The first-order valence-electron chi connectivity index (χ1n) is 9.72. The lowest BCUT2D eigenvalue weighted by molar-refractivity contribution is -0.116.